The lowest BCUT2D eigenvalue weighted by Crippen LogP contribution is -2.01. The molecule has 1 aromatic carbocycles. The largest absolute Gasteiger partial charge is 0.339 e. The number of benzene rings is 1. The number of aromatic nitrogens is 2. The van der Waals surface area contributed by atoms with Crippen molar-refractivity contribution in [3.05, 3.63) is 48.4 Å². The number of hydrogen-bond donors (Lipinski definition) is 1. The van der Waals surface area contributed by atoms with Crippen molar-refractivity contribution < 1.29 is 0 Å². The summed E-state index contributed by atoms with van der Waals surface area (Å²) in [7, 11) is 0. The lowest BCUT2D eigenvalue weighted by atomic mass is 10.1. The average molecular weight is 241 g/mol. The number of para-hydroxylation sites is 1. The summed E-state index contributed by atoms with van der Waals surface area (Å²) in [5.41, 5.74) is 2.10. The van der Waals surface area contributed by atoms with Gasteiger partial charge in [-0.1, -0.05) is 38.0 Å². The number of rotatable bonds is 6. The van der Waals surface area contributed by atoms with Crippen LogP contribution < -0.4 is 5.32 Å². The van der Waals surface area contributed by atoms with E-state index >= 15 is 0 Å². The average Bonchev–Trinajstić information content (AvgIpc) is 2.42. The molecule has 0 radical (unpaired) electrons. The van der Waals surface area contributed by atoms with Crippen LogP contribution in [-0.2, 0) is 6.42 Å². The summed E-state index contributed by atoms with van der Waals surface area (Å²) in [6.07, 6.45) is 8.10. The first-order chi connectivity index (χ1) is 8.90. The fraction of sp³-hybridized carbons (Fsp3) is 0.333. The van der Waals surface area contributed by atoms with Crippen molar-refractivity contribution >= 4 is 11.5 Å². The number of anilines is 2. The van der Waals surface area contributed by atoms with Crippen LogP contribution in [0.15, 0.2) is 42.7 Å². The quantitative estimate of drug-likeness (QED) is 0.778. The van der Waals surface area contributed by atoms with Gasteiger partial charge in [0, 0.05) is 18.1 Å². The van der Waals surface area contributed by atoms with Gasteiger partial charge < -0.3 is 5.32 Å². The summed E-state index contributed by atoms with van der Waals surface area (Å²) in [6.45, 7) is 2.21. The van der Waals surface area contributed by atoms with E-state index in [1.807, 2.05) is 30.3 Å². The minimum absolute atomic E-state index is 0.875. The van der Waals surface area contributed by atoms with Crippen molar-refractivity contribution in [3.8, 4) is 0 Å². The van der Waals surface area contributed by atoms with Gasteiger partial charge in [-0.05, 0) is 25.0 Å². The Morgan fingerprint density at radius 3 is 2.56 bits per heavy atom. The predicted molar refractivity (Wildman–Crippen MR) is 75.0 cm³/mol. The smallest absolute Gasteiger partial charge is 0.152 e. The lowest BCUT2D eigenvalue weighted by Gasteiger charge is -2.09. The second-order valence-electron chi connectivity index (χ2n) is 4.30. The molecule has 0 spiro atoms. The van der Waals surface area contributed by atoms with Gasteiger partial charge in [0.1, 0.15) is 0 Å². The van der Waals surface area contributed by atoms with E-state index in [2.05, 4.69) is 22.2 Å². The van der Waals surface area contributed by atoms with Gasteiger partial charge in [0.2, 0.25) is 0 Å². The van der Waals surface area contributed by atoms with Gasteiger partial charge in [-0.2, -0.15) is 0 Å². The fourth-order valence-electron chi connectivity index (χ4n) is 1.85. The maximum Gasteiger partial charge on any atom is 0.152 e. The molecule has 0 aliphatic rings. The zero-order valence-electron chi connectivity index (χ0n) is 10.8. The normalized spacial score (nSPS) is 10.3. The summed E-state index contributed by atoms with van der Waals surface area (Å²) in [4.78, 5) is 8.80. The lowest BCUT2D eigenvalue weighted by molar-refractivity contribution is 0.706. The molecule has 3 heteroatoms. The number of nitrogens with zero attached hydrogens (tertiary/aromatic N) is 2. The minimum atomic E-state index is 0.875. The van der Waals surface area contributed by atoms with Gasteiger partial charge in [-0.15, -0.1) is 0 Å². The van der Waals surface area contributed by atoms with E-state index < -0.39 is 0 Å². The second kappa shape index (κ2) is 6.74. The standard InChI is InChI=1S/C15H19N3/c1-2-3-5-10-14-15(17-12-11-16-14)18-13-8-6-4-7-9-13/h4,6-9,11-12H,2-3,5,10H2,1H3,(H,17,18). The molecule has 0 aliphatic heterocycles. The van der Waals surface area contributed by atoms with Crippen LogP contribution in [0.25, 0.3) is 0 Å². The number of unbranched alkanes of at least 4 members (excludes halogenated alkanes) is 2. The molecule has 0 aliphatic carbocycles. The Labute approximate surface area is 108 Å². The summed E-state index contributed by atoms with van der Waals surface area (Å²) in [5.74, 6) is 0.875. The van der Waals surface area contributed by atoms with E-state index in [0.717, 1.165) is 23.6 Å². The number of hydrogen-bond acceptors (Lipinski definition) is 3. The summed E-state index contributed by atoms with van der Waals surface area (Å²) in [6, 6.07) is 10.1. The Morgan fingerprint density at radius 2 is 1.78 bits per heavy atom. The van der Waals surface area contributed by atoms with Gasteiger partial charge >= 0.3 is 0 Å². The Kier molecular flexibility index (Phi) is 4.70. The van der Waals surface area contributed by atoms with Gasteiger partial charge in [0.05, 0.1) is 5.69 Å². The first-order valence-corrected chi connectivity index (χ1v) is 6.52. The van der Waals surface area contributed by atoms with Gasteiger partial charge in [0.15, 0.2) is 5.82 Å². The number of aryl methyl sites for hydroxylation is 1. The predicted octanol–water partition coefficient (Wildman–Crippen LogP) is 3.95. The zero-order valence-corrected chi connectivity index (χ0v) is 10.8. The van der Waals surface area contributed by atoms with Crippen molar-refractivity contribution in [1.29, 1.82) is 0 Å². The van der Waals surface area contributed by atoms with Gasteiger partial charge in [0.25, 0.3) is 0 Å². The van der Waals surface area contributed by atoms with Crippen molar-refractivity contribution in [2.45, 2.75) is 32.6 Å². The highest BCUT2D eigenvalue weighted by Crippen LogP contribution is 2.18. The van der Waals surface area contributed by atoms with Crippen LogP contribution in [-0.4, -0.2) is 9.97 Å². The van der Waals surface area contributed by atoms with E-state index in [0.29, 0.717) is 0 Å². The third-order valence-electron chi connectivity index (χ3n) is 2.83. The molecule has 3 nitrogen and oxygen atoms in total. The first-order valence-electron chi connectivity index (χ1n) is 6.52. The molecule has 0 amide bonds. The van der Waals surface area contributed by atoms with Crippen LogP contribution in [0.2, 0.25) is 0 Å². The number of nitrogens with one attached hydrogen (secondary N) is 1. The van der Waals surface area contributed by atoms with Crippen molar-refractivity contribution in [2.75, 3.05) is 5.32 Å². The second-order valence-corrected chi connectivity index (χ2v) is 4.30. The molecule has 18 heavy (non-hydrogen) atoms. The Morgan fingerprint density at radius 1 is 1.00 bits per heavy atom. The van der Waals surface area contributed by atoms with Gasteiger partial charge in [-0.3, -0.25) is 4.98 Å². The van der Waals surface area contributed by atoms with Crippen LogP contribution in [0.3, 0.4) is 0 Å². The summed E-state index contributed by atoms with van der Waals surface area (Å²) >= 11 is 0. The molecule has 0 saturated heterocycles. The molecule has 0 unspecified atom stereocenters. The zero-order chi connectivity index (χ0) is 12.6. The Hall–Kier alpha value is -1.90. The van der Waals surface area contributed by atoms with Crippen molar-refractivity contribution in [3.63, 3.8) is 0 Å². The van der Waals surface area contributed by atoms with Gasteiger partial charge in [-0.25, -0.2) is 4.98 Å². The van der Waals surface area contributed by atoms with Crippen LogP contribution in [0.5, 0.6) is 0 Å². The summed E-state index contributed by atoms with van der Waals surface area (Å²) < 4.78 is 0. The highest BCUT2D eigenvalue weighted by molar-refractivity contribution is 5.57. The molecule has 1 heterocycles. The van der Waals surface area contributed by atoms with E-state index in [1.54, 1.807) is 12.4 Å². The minimum Gasteiger partial charge on any atom is -0.339 e. The maximum absolute atomic E-state index is 4.42. The monoisotopic (exact) mass is 241 g/mol. The molecule has 0 bridgehead atoms. The highest BCUT2D eigenvalue weighted by Gasteiger charge is 2.04. The molecule has 2 rings (SSSR count). The van der Waals surface area contributed by atoms with E-state index in [1.165, 1.54) is 19.3 Å². The highest BCUT2D eigenvalue weighted by atomic mass is 15.0. The van der Waals surface area contributed by atoms with E-state index in [9.17, 15) is 0 Å². The van der Waals surface area contributed by atoms with Crippen LogP contribution >= 0.6 is 0 Å². The Bertz CT molecular complexity index is 468. The third-order valence-corrected chi connectivity index (χ3v) is 2.83. The van der Waals surface area contributed by atoms with E-state index in [-0.39, 0.29) is 0 Å². The molecule has 94 valence electrons. The molecule has 1 aromatic heterocycles. The van der Waals surface area contributed by atoms with Crippen LogP contribution in [0, 0.1) is 0 Å². The topological polar surface area (TPSA) is 37.8 Å². The molecular formula is C15H19N3. The van der Waals surface area contributed by atoms with Crippen molar-refractivity contribution in [2.24, 2.45) is 0 Å². The molecule has 0 fully saturated rings. The molecule has 0 saturated carbocycles. The summed E-state index contributed by atoms with van der Waals surface area (Å²) in [5, 5.41) is 3.33. The molecule has 0 atom stereocenters. The van der Waals surface area contributed by atoms with E-state index in [4.69, 9.17) is 0 Å². The molecular weight excluding hydrogens is 222 g/mol. The first kappa shape index (κ1) is 12.6. The fourth-order valence-corrected chi connectivity index (χ4v) is 1.85. The third kappa shape index (κ3) is 3.55. The SMILES string of the molecule is CCCCCc1nccnc1Nc1ccccc1. The van der Waals surface area contributed by atoms with Crippen molar-refractivity contribution in [1.82, 2.24) is 9.97 Å². The van der Waals surface area contributed by atoms with Crippen LogP contribution in [0.1, 0.15) is 31.9 Å². The maximum atomic E-state index is 4.42. The van der Waals surface area contributed by atoms with Crippen LogP contribution in [0.4, 0.5) is 11.5 Å². The molecule has 1 N–H and O–H groups in total. The Balaban J connectivity index is 2.07. The molecule has 2 aromatic rings.